The van der Waals surface area contributed by atoms with Gasteiger partial charge in [0.15, 0.2) is 0 Å². The third-order valence-corrected chi connectivity index (χ3v) is 3.95. The van der Waals surface area contributed by atoms with Crippen LogP contribution in [0.15, 0.2) is 23.0 Å². The van der Waals surface area contributed by atoms with Crippen molar-refractivity contribution in [1.29, 1.82) is 0 Å². The minimum Gasteiger partial charge on any atom is -0.318 e. The minimum atomic E-state index is -0.729. The molecule has 0 spiro atoms. The molecule has 1 amide bonds. The summed E-state index contributed by atoms with van der Waals surface area (Å²) in [6.07, 6.45) is 0. The van der Waals surface area contributed by atoms with Crippen molar-refractivity contribution >= 4 is 6.03 Å². The molecule has 2 aromatic rings. The Morgan fingerprint density at radius 2 is 1.68 bits per heavy atom. The van der Waals surface area contributed by atoms with Gasteiger partial charge in [-0.2, -0.15) is 4.68 Å². The second-order valence-corrected chi connectivity index (χ2v) is 6.82. The molecular formula is C17H24FN5O2. The van der Waals surface area contributed by atoms with Gasteiger partial charge < -0.3 is 4.90 Å². The Morgan fingerprint density at radius 3 is 2.16 bits per heavy atom. The molecule has 0 unspecified atom stereocenters. The first-order chi connectivity index (χ1) is 11.6. The summed E-state index contributed by atoms with van der Waals surface area (Å²) in [5, 5.41) is 7.40. The van der Waals surface area contributed by atoms with Gasteiger partial charge in [-0.25, -0.2) is 14.0 Å². The van der Waals surface area contributed by atoms with Crippen LogP contribution in [0.2, 0.25) is 0 Å². The zero-order chi connectivity index (χ0) is 18.9. The Labute approximate surface area is 146 Å². The summed E-state index contributed by atoms with van der Waals surface area (Å²) in [4.78, 5) is 26.7. The van der Waals surface area contributed by atoms with Gasteiger partial charge in [0.05, 0.1) is 5.69 Å². The molecule has 0 aliphatic rings. The fourth-order valence-corrected chi connectivity index (χ4v) is 2.79. The Balaban J connectivity index is 2.44. The number of carbonyl (C=O) groups excluding carboxylic acids is 1. The number of tetrazole rings is 1. The van der Waals surface area contributed by atoms with Gasteiger partial charge in [0, 0.05) is 18.2 Å². The maximum Gasteiger partial charge on any atom is 0.377 e. The molecule has 0 bridgehead atoms. The lowest BCUT2D eigenvalue weighted by atomic mass is 10.0. The number of hydrogen-bond acceptors (Lipinski definition) is 4. The number of aromatic nitrogens is 4. The standard InChI is InChI=1S/C17H24FN5O2/c1-10(2)14-8-7-13(9-15(14)18)22-17(25)23(20-19-22)16(24)21(11(3)4)12(5)6/h7-12H,1-6H3. The Kier molecular flexibility index (Phi) is 5.39. The van der Waals surface area contributed by atoms with E-state index in [1.54, 1.807) is 12.1 Å². The molecular weight excluding hydrogens is 325 g/mol. The van der Waals surface area contributed by atoms with Crippen molar-refractivity contribution in [2.24, 2.45) is 0 Å². The van der Waals surface area contributed by atoms with Crippen LogP contribution in [0.5, 0.6) is 0 Å². The molecule has 0 fully saturated rings. The fourth-order valence-electron chi connectivity index (χ4n) is 2.79. The van der Waals surface area contributed by atoms with Crippen LogP contribution in [-0.4, -0.2) is 42.8 Å². The van der Waals surface area contributed by atoms with Gasteiger partial charge in [-0.05, 0) is 55.7 Å². The van der Waals surface area contributed by atoms with E-state index in [9.17, 15) is 14.0 Å². The van der Waals surface area contributed by atoms with Crippen molar-refractivity contribution < 1.29 is 9.18 Å². The number of benzene rings is 1. The fraction of sp³-hybridized carbons (Fsp3) is 0.529. The monoisotopic (exact) mass is 349 g/mol. The van der Waals surface area contributed by atoms with Crippen LogP contribution in [0.3, 0.4) is 0 Å². The van der Waals surface area contributed by atoms with Crippen LogP contribution in [-0.2, 0) is 0 Å². The Bertz CT molecular complexity index is 815. The first-order valence-corrected chi connectivity index (χ1v) is 8.32. The van der Waals surface area contributed by atoms with Crippen molar-refractivity contribution in [3.63, 3.8) is 0 Å². The zero-order valence-electron chi connectivity index (χ0n) is 15.4. The van der Waals surface area contributed by atoms with Crippen molar-refractivity contribution in [2.75, 3.05) is 0 Å². The number of nitrogens with zero attached hydrogens (tertiary/aromatic N) is 5. The van der Waals surface area contributed by atoms with Crippen molar-refractivity contribution in [3.8, 4) is 5.69 Å². The average molecular weight is 349 g/mol. The molecule has 0 atom stereocenters. The highest BCUT2D eigenvalue weighted by molar-refractivity contribution is 5.76. The molecule has 2 rings (SSSR count). The van der Waals surface area contributed by atoms with E-state index in [2.05, 4.69) is 10.4 Å². The van der Waals surface area contributed by atoms with Gasteiger partial charge in [-0.1, -0.05) is 19.9 Å². The van der Waals surface area contributed by atoms with E-state index in [0.29, 0.717) is 10.2 Å². The number of carbonyl (C=O) groups is 1. The summed E-state index contributed by atoms with van der Waals surface area (Å²) in [5.74, 6) is -0.403. The smallest absolute Gasteiger partial charge is 0.318 e. The normalized spacial score (nSPS) is 11.6. The molecule has 136 valence electrons. The van der Waals surface area contributed by atoms with Crippen LogP contribution in [0.25, 0.3) is 5.69 Å². The van der Waals surface area contributed by atoms with Gasteiger partial charge in [0.2, 0.25) is 0 Å². The van der Waals surface area contributed by atoms with Crippen molar-refractivity contribution in [2.45, 2.75) is 59.5 Å². The van der Waals surface area contributed by atoms with Crippen LogP contribution in [0.4, 0.5) is 9.18 Å². The van der Waals surface area contributed by atoms with Crippen LogP contribution < -0.4 is 5.69 Å². The summed E-state index contributed by atoms with van der Waals surface area (Å²) in [5.41, 5.74) is 0.0469. The second kappa shape index (κ2) is 7.16. The summed E-state index contributed by atoms with van der Waals surface area (Å²) in [6.45, 7) is 11.2. The summed E-state index contributed by atoms with van der Waals surface area (Å²) < 4.78 is 15.8. The quantitative estimate of drug-likeness (QED) is 0.796. The number of rotatable bonds is 4. The van der Waals surface area contributed by atoms with E-state index < -0.39 is 17.5 Å². The maximum atomic E-state index is 14.2. The summed E-state index contributed by atoms with van der Waals surface area (Å²) >= 11 is 0. The van der Waals surface area contributed by atoms with E-state index in [0.717, 1.165) is 4.68 Å². The van der Waals surface area contributed by atoms with Crippen LogP contribution in [0.1, 0.15) is 53.0 Å². The zero-order valence-corrected chi connectivity index (χ0v) is 15.4. The first kappa shape index (κ1) is 18.8. The molecule has 0 saturated carbocycles. The molecule has 1 aromatic heterocycles. The van der Waals surface area contributed by atoms with E-state index in [-0.39, 0.29) is 23.7 Å². The Morgan fingerprint density at radius 1 is 1.08 bits per heavy atom. The molecule has 1 aromatic carbocycles. The topological polar surface area (TPSA) is 73.0 Å². The lowest BCUT2D eigenvalue weighted by Crippen LogP contribution is -2.47. The van der Waals surface area contributed by atoms with Crippen molar-refractivity contribution in [3.05, 3.63) is 40.1 Å². The number of hydrogen-bond donors (Lipinski definition) is 0. The van der Waals surface area contributed by atoms with Crippen molar-refractivity contribution in [1.82, 2.24) is 24.7 Å². The second-order valence-electron chi connectivity index (χ2n) is 6.82. The third kappa shape index (κ3) is 3.62. The molecule has 0 aliphatic heterocycles. The highest BCUT2D eigenvalue weighted by Crippen LogP contribution is 2.20. The average Bonchev–Trinajstić information content (AvgIpc) is 2.87. The SMILES string of the molecule is CC(C)c1ccc(-n2nnn(C(=O)N(C(C)C)C(C)C)c2=O)cc1F. The molecule has 0 N–H and O–H groups in total. The number of amides is 1. The van der Waals surface area contributed by atoms with Gasteiger partial charge in [0.1, 0.15) is 5.82 Å². The molecule has 0 radical (unpaired) electrons. The van der Waals surface area contributed by atoms with E-state index >= 15 is 0 Å². The van der Waals surface area contributed by atoms with Gasteiger partial charge in [0.25, 0.3) is 0 Å². The largest absolute Gasteiger partial charge is 0.377 e. The first-order valence-electron chi connectivity index (χ1n) is 8.32. The lowest BCUT2D eigenvalue weighted by Gasteiger charge is -2.29. The lowest BCUT2D eigenvalue weighted by molar-refractivity contribution is 0.162. The molecule has 7 nitrogen and oxygen atoms in total. The highest BCUT2D eigenvalue weighted by atomic mass is 19.1. The van der Waals surface area contributed by atoms with E-state index in [1.807, 2.05) is 41.5 Å². The van der Waals surface area contributed by atoms with E-state index in [1.165, 1.54) is 11.0 Å². The molecule has 0 aliphatic carbocycles. The van der Waals surface area contributed by atoms with Crippen LogP contribution >= 0.6 is 0 Å². The van der Waals surface area contributed by atoms with E-state index in [4.69, 9.17) is 0 Å². The van der Waals surface area contributed by atoms with Gasteiger partial charge in [-0.15, -0.1) is 4.68 Å². The molecule has 25 heavy (non-hydrogen) atoms. The maximum absolute atomic E-state index is 14.2. The molecule has 8 heteroatoms. The van der Waals surface area contributed by atoms with Gasteiger partial charge in [-0.3, -0.25) is 0 Å². The minimum absolute atomic E-state index is 0.0219. The highest BCUT2D eigenvalue weighted by Gasteiger charge is 2.26. The Hall–Kier alpha value is -2.51. The number of halogens is 1. The summed E-state index contributed by atoms with van der Waals surface area (Å²) in [6, 6.07) is 3.66. The third-order valence-electron chi connectivity index (χ3n) is 3.95. The predicted molar refractivity (Wildman–Crippen MR) is 92.6 cm³/mol. The molecule has 1 heterocycles. The van der Waals surface area contributed by atoms with Gasteiger partial charge >= 0.3 is 11.7 Å². The van der Waals surface area contributed by atoms with Crippen LogP contribution in [0, 0.1) is 5.82 Å². The predicted octanol–water partition coefficient (Wildman–Crippen LogP) is 2.78. The molecule has 0 saturated heterocycles. The summed E-state index contributed by atoms with van der Waals surface area (Å²) in [7, 11) is 0.